The van der Waals surface area contributed by atoms with Gasteiger partial charge in [0.2, 0.25) is 0 Å². The molecule has 0 saturated heterocycles. The molecule has 0 fully saturated rings. The third kappa shape index (κ3) is 5.24. The van der Waals surface area contributed by atoms with E-state index in [1.165, 1.54) is 30.5 Å². The predicted molar refractivity (Wildman–Crippen MR) is 131 cm³/mol. The fourth-order valence-electron chi connectivity index (χ4n) is 3.35. The Balaban J connectivity index is 1.60. The van der Waals surface area contributed by atoms with Crippen LogP contribution in [0.25, 0.3) is 34.3 Å². The number of nitrogens with zero attached hydrogens (tertiary/aromatic N) is 4. The van der Waals surface area contributed by atoms with Gasteiger partial charge in [0.05, 0.1) is 27.6 Å². The molecule has 0 saturated carbocycles. The van der Waals surface area contributed by atoms with E-state index in [9.17, 15) is 17.2 Å². The number of hydrogen-bond acceptors (Lipinski definition) is 9. The number of hydrogen-bond donors (Lipinski definition) is 2. The van der Waals surface area contributed by atoms with Crippen LogP contribution < -0.4 is 11.1 Å². The van der Waals surface area contributed by atoms with Gasteiger partial charge in [-0.25, -0.2) is 27.2 Å². The molecule has 0 aliphatic rings. The molecule has 4 rings (SSSR count). The fourth-order valence-corrected chi connectivity index (χ4v) is 4.41. The highest BCUT2D eigenvalue weighted by Gasteiger charge is 2.21. The molecule has 0 atom stereocenters. The topological polar surface area (TPSA) is 137 Å². The molecule has 0 aliphatic heterocycles. The van der Waals surface area contributed by atoms with Crippen LogP contribution in [0.3, 0.4) is 0 Å². The Bertz CT molecular complexity index is 1470. The quantitative estimate of drug-likeness (QED) is 0.319. The van der Waals surface area contributed by atoms with Gasteiger partial charge >= 0.3 is 0 Å². The summed E-state index contributed by atoms with van der Waals surface area (Å²) in [7, 11) is -3.41. The molecule has 3 N–H and O–H groups in total. The summed E-state index contributed by atoms with van der Waals surface area (Å²) < 4.78 is 57.3. The first-order valence-electron chi connectivity index (χ1n) is 11.1. The summed E-state index contributed by atoms with van der Waals surface area (Å²) in [5.41, 5.74) is 7.83. The van der Waals surface area contributed by atoms with Gasteiger partial charge in [0.25, 0.3) is 11.8 Å². The summed E-state index contributed by atoms with van der Waals surface area (Å²) >= 11 is 0. The van der Waals surface area contributed by atoms with Crippen LogP contribution in [0.2, 0.25) is 0 Å². The minimum Gasteiger partial charge on any atom is -0.414 e. The monoisotopic (exact) mass is 514 g/mol. The molecule has 188 valence electrons. The zero-order valence-electron chi connectivity index (χ0n) is 19.6. The lowest BCUT2D eigenvalue weighted by molar-refractivity contribution is 0.466. The van der Waals surface area contributed by atoms with Crippen LogP contribution >= 0.6 is 0 Å². The van der Waals surface area contributed by atoms with Crippen molar-refractivity contribution in [2.45, 2.75) is 30.5 Å². The number of sulfone groups is 1. The van der Waals surface area contributed by atoms with Crippen molar-refractivity contribution in [3.63, 3.8) is 0 Å². The van der Waals surface area contributed by atoms with E-state index in [0.717, 1.165) is 0 Å². The third-order valence-corrected chi connectivity index (χ3v) is 7.56. The van der Waals surface area contributed by atoms with E-state index in [1.54, 1.807) is 32.0 Å². The number of anilines is 1. The zero-order chi connectivity index (χ0) is 25.9. The average Bonchev–Trinajstić information content (AvgIpc) is 3.34. The van der Waals surface area contributed by atoms with Crippen molar-refractivity contribution >= 4 is 15.7 Å². The van der Waals surface area contributed by atoms with E-state index in [0.29, 0.717) is 23.4 Å². The van der Waals surface area contributed by atoms with Gasteiger partial charge in [-0.05, 0) is 43.7 Å². The van der Waals surface area contributed by atoms with Gasteiger partial charge < -0.3 is 15.5 Å². The second-order valence-corrected chi connectivity index (χ2v) is 10.7. The van der Waals surface area contributed by atoms with Gasteiger partial charge in [0, 0.05) is 18.7 Å². The molecular weight excluding hydrogens is 490 g/mol. The maximum Gasteiger partial charge on any atom is 0.270 e. The van der Waals surface area contributed by atoms with Crippen LogP contribution in [0.4, 0.5) is 14.6 Å². The summed E-state index contributed by atoms with van der Waals surface area (Å²) in [6.07, 6.45) is 1.44. The van der Waals surface area contributed by atoms with Crippen molar-refractivity contribution in [2.75, 3.05) is 19.0 Å². The average molecular weight is 515 g/mol. The SMILES string of the molecule is CC(C)S(=O)(=O)c1ccc(-c2cnc(N)c(-c3nnc(-c4ccc(CNCCF)cc4F)o3)n2)cc1. The molecule has 0 spiro atoms. The molecule has 36 heavy (non-hydrogen) atoms. The molecule has 4 aromatic rings. The van der Waals surface area contributed by atoms with Crippen LogP contribution in [0.15, 0.2) is 58.0 Å². The molecule has 2 aromatic carbocycles. The van der Waals surface area contributed by atoms with Gasteiger partial charge in [-0.1, -0.05) is 18.2 Å². The summed E-state index contributed by atoms with van der Waals surface area (Å²) in [4.78, 5) is 8.80. The van der Waals surface area contributed by atoms with Gasteiger partial charge in [0.1, 0.15) is 12.5 Å². The maximum atomic E-state index is 14.7. The largest absolute Gasteiger partial charge is 0.414 e. The Kier molecular flexibility index (Phi) is 7.36. The highest BCUT2D eigenvalue weighted by Crippen LogP contribution is 2.30. The first kappa shape index (κ1) is 25.3. The lowest BCUT2D eigenvalue weighted by Gasteiger charge is -2.09. The molecule has 0 amide bonds. The third-order valence-electron chi connectivity index (χ3n) is 5.39. The first-order chi connectivity index (χ1) is 17.2. The van der Waals surface area contributed by atoms with E-state index in [2.05, 4.69) is 25.5 Å². The highest BCUT2D eigenvalue weighted by molar-refractivity contribution is 7.92. The molecule has 0 unspecified atom stereocenters. The van der Waals surface area contributed by atoms with Crippen LogP contribution in [0.1, 0.15) is 19.4 Å². The van der Waals surface area contributed by atoms with Crippen molar-refractivity contribution in [2.24, 2.45) is 0 Å². The van der Waals surface area contributed by atoms with E-state index >= 15 is 0 Å². The second-order valence-electron chi connectivity index (χ2n) is 8.20. The molecular formula is C24H24F2N6O3S. The van der Waals surface area contributed by atoms with Gasteiger partial charge in [0.15, 0.2) is 21.3 Å². The molecule has 0 bridgehead atoms. The van der Waals surface area contributed by atoms with Crippen LogP contribution in [-0.2, 0) is 16.4 Å². The van der Waals surface area contributed by atoms with Gasteiger partial charge in [-0.15, -0.1) is 10.2 Å². The normalized spacial score (nSPS) is 11.8. The smallest absolute Gasteiger partial charge is 0.270 e. The number of nitrogen functional groups attached to an aromatic ring is 1. The number of aromatic nitrogens is 4. The number of nitrogens with two attached hydrogens (primary N) is 1. The minimum atomic E-state index is -3.41. The van der Waals surface area contributed by atoms with E-state index in [-0.39, 0.29) is 40.3 Å². The standard InChI is InChI=1S/C24H24F2N6O3S/c1-14(2)36(33,34)17-6-4-16(5-7-17)20-13-29-22(27)21(30-20)24-32-31-23(35-24)18-8-3-15(11-19(18)26)12-28-10-9-25/h3-8,11,13-14,28H,9-10,12H2,1-2H3,(H2,27,29). The van der Waals surface area contributed by atoms with E-state index in [1.807, 2.05) is 0 Å². The Labute approximate surface area is 206 Å². The molecule has 0 aliphatic carbocycles. The minimum absolute atomic E-state index is 0.0303. The highest BCUT2D eigenvalue weighted by atomic mass is 32.2. The first-order valence-corrected chi connectivity index (χ1v) is 12.6. The Morgan fingerprint density at radius 3 is 2.47 bits per heavy atom. The predicted octanol–water partition coefficient (Wildman–Crippen LogP) is 3.82. The van der Waals surface area contributed by atoms with Crippen LogP contribution in [0.5, 0.6) is 0 Å². The summed E-state index contributed by atoms with van der Waals surface area (Å²) in [6, 6.07) is 10.7. The van der Waals surface area contributed by atoms with E-state index < -0.39 is 27.6 Å². The zero-order valence-corrected chi connectivity index (χ0v) is 20.4. The molecule has 12 heteroatoms. The summed E-state index contributed by atoms with van der Waals surface area (Å²) in [6.45, 7) is 3.22. The van der Waals surface area contributed by atoms with Crippen molar-refractivity contribution in [1.82, 2.24) is 25.5 Å². The van der Waals surface area contributed by atoms with Crippen molar-refractivity contribution in [3.8, 4) is 34.3 Å². The van der Waals surface area contributed by atoms with Crippen LogP contribution in [0, 0.1) is 5.82 Å². The summed E-state index contributed by atoms with van der Waals surface area (Å²) in [5, 5.41) is 10.2. The lowest BCUT2D eigenvalue weighted by atomic mass is 10.1. The number of alkyl halides is 1. The Hall–Kier alpha value is -3.77. The lowest BCUT2D eigenvalue weighted by Crippen LogP contribution is -2.16. The maximum absolute atomic E-state index is 14.7. The molecule has 0 radical (unpaired) electrons. The molecule has 9 nitrogen and oxygen atoms in total. The van der Waals surface area contributed by atoms with Crippen molar-refractivity contribution < 1.29 is 21.6 Å². The summed E-state index contributed by atoms with van der Waals surface area (Å²) in [5.74, 6) is -0.665. The Morgan fingerprint density at radius 2 is 1.81 bits per heavy atom. The number of halogens is 2. The molecule has 2 aromatic heterocycles. The van der Waals surface area contributed by atoms with Gasteiger partial charge in [-0.3, -0.25) is 0 Å². The van der Waals surface area contributed by atoms with Crippen molar-refractivity contribution in [1.29, 1.82) is 0 Å². The number of benzene rings is 2. The molecule has 2 heterocycles. The van der Waals surface area contributed by atoms with Crippen molar-refractivity contribution in [3.05, 3.63) is 60.0 Å². The number of nitrogens with one attached hydrogen (secondary N) is 1. The number of rotatable bonds is 9. The second kappa shape index (κ2) is 10.5. The van der Waals surface area contributed by atoms with Gasteiger partial charge in [-0.2, -0.15) is 0 Å². The van der Waals surface area contributed by atoms with Crippen LogP contribution in [-0.4, -0.2) is 47.1 Å². The fraction of sp³-hybridized carbons (Fsp3) is 0.250. The Morgan fingerprint density at radius 1 is 1.08 bits per heavy atom. The van der Waals surface area contributed by atoms with E-state index in [4.69, 9.17) is 10.2 Å².